The monoisotopic (exact) mass is 528 g/mol. The molecule has 1 aliphatic heterocycles. The predicted octanol–water partition coefficient (Wildman–Crippen LogP) is 5.39. The van der Waals surface area contributed by atoms with Crippen molar-refractivity contribution in [2.75, 3.05) is 23.3 Å². The molecule has 0 amide bonds. The van der Waals surface area contributed by atoms with Crippen molar-refractivity contribution in [3.05, 3.63) is 57.2 Å². The van der Waals surface area contributed by atoms with Crippen LogP contribution in [-0.2, 0) is 6.18 Å². The first-order valence-electron chi connectivity index (χ1n) is 11.9. The minimum Gasteiger partial charge on any atom is -0.363 e. The van der Waals surface area contributed by atoms with Crippen molar-refractivity contribution < 1.29 is 22.6 Å². The van der Waals surface area contributed by atoms with Gasteiger partial charge in [-0.15, -0.1) is 0 Å². The molecular weight excluding hydrogens is 505 g/mol. The highest BCUT2D eigenvalue weighted by atomic mass is 19.4. The van der Waals surface area contributed by atoms with Gasteiger partial charge in [-0.2, -0.15) is 18.2 Å². The van der Waals surface area contributed by atoms with Gasteiger partial charge in [-0.1, -0.05) is 5.16 Å². The van der Waals surface area contributed by atoms with Gasteiger partial charge < -0.3 is 14.7 Å². The zero-order valence-corrected chi connectivity index (χ0v) is 20.7. The van der Waals surface area contributed by atoms with E-state index in [4.69, 9.17) is 9.51 Å². The molecule has 1 atom stereocenters. The molecule has 38 heavy (non-hydrogen) atoms. The molecule has 5 rings (SSSR count). The average Bonchev–Trinajstić information content (AvgIpc) is 3.54. The number of nitro groups is 1. The summed E-state index contributed by atoms with van der Waals surface area (Å²) in [7, 11) is 0. The normalized spacial score (nSPS) is 14.7. The van der Waals surface area contributed by atoms with E-state index in [1.54, 1.807) is 26.8 Å². The molecule has 4 heterocycles. The third-order valence-electron chi connectivity index (χ3n) is 6.28. The standard InChI is InChI=1S/C24H23F3N8O3/c1-12(15-8-16(24(25,26)27)10-17(9-15)35(36)37)28-20-18-11-19(22-31-14(3)38-33-22)23(34-6-4-5-7-34)32-21(18)30-13(2)29-20/h8-12H,4-7H2,1-3H3,(H,28,29,30,32)/t12-/m1/s1. The summed E-state index contributed by atoms with van der Waals surface area (Å²) in [6, 6.07) is 3.52. The van der Waals surface area contributed by atoms with Crippen LogP contribution in [0, 0.1) is 24.0 Å². The Morgan fingerprint density at radius 2 is 1.82 bits per heavy atom. The largest absolute Gasteiger partial charge is 0.416 e. The summed E-state index contributed by atoms with van der Waals surface area (Å²) in [5.74, 6) is 2.08. The van der Waals surface area contributed by atoms with Crippen LogP contribution in [0.15, 0.2) is 28.8 Å². The molecule has 11 nitrogen and oxygen atoms in total. The predicted molar refractivity (Wildman–Crippen MR) is 132 cm³/mol. The third-order valence-corrected chi connectivity index (χ3v) is 6.28. The molecule has 14 heteroatoms. The number of non-ortho nitro benzene ring substituents is 1. The van der Waals surface area contributed by atoms with Gasteiger partial charge in [0.15, 0.2) is 5.65 Å². The van der Waals surface area contributed by atoms with E-state index in [9.17, 15) is 23.3 Å². The number of hydrogen-bond donors (Lipinski definition) is 1. The van der Waals surface area contributed by atoms with Crippen LogP contribution in [0.5, 0.6) is 0 Å². The van der Waals surface area contributed by atoms with Crippen molar-refractivity contribution in [2.24, 2.45) is 0 Å². The Labute approximate surface area is 214 Å². The Hall–Kier alpha value is -4.36. The second-order valence-corrected chi connectivity index (χ2v) is 9.12. The molecule has 0 saturated carbocycles. The van der Waals surface area contributed by atoms with Crippen LogP contribution in [0.1, 0.15) is 48.6 Å². The second-order valence-electron chi connectivity index (χ2n) is 9.12. The van der Waals surface area contributed by atoms with Crippen molar-refractivity contribution in [3.63, 3.8) is 0 Å². The van der Waals surface area contributed by atoms with Crippen molar-refractivity contribution in [2.45, 2.75) is 45.8 Å². The zero-order chi connectivity index (χ0) is 27.2. The Kier molecular flexibility index (Phi) is 6.33. The first-order valence-corrected chi connectivity index (χ1v) is 11.9. The van der Waals surface area contributed by atoms with E-state index in [2.05, 4.69) is 30.3 Å². The molecule has 0 unspecified atom stereocenters. The smallest absolute Gasteiger partial charge is 0.363 e. The summed E-state index contributed by atoms with van der Waals surface area (Å²) in [6.45, 7) is 6.57. The van der Waals surface area contributed by atoms with Crippen molar-refractivity contribution in [1.82, 2.24) is 25.1 Å². The number of nitrogens with one attached hydrogen (secondary N) is 1. The fourth-order valence-corrected chi connectivity index (χ4v) is 4.45. The summed E-state index contributed by atoms with van der Waals surface area (Å²) in [4.78, 5) is 30.7. The molecule has 1 aromatic carbocycles. The molecule has 198 valence electrons. The summed E-state index contributed by atoms with van der Waals surface area (Å²) in [5, 5.41) is 19.0. The number of nitro benzene ring substituents is 1. The molecule has 0 bridgehead atoms. The van der Waals surface area contributed by atoms with Crippen LogP contribution in [0.3, 0.4) is 0 Å². The van der Waals surface area contributed by atoms with Crippen molar-refractivity contribution in [3.8, 4) is 11.4 Å². The third kappa shape index (κ3) is 4.93. The van der Waals surface area contributed by atoms with Crippen LogP contribution in [0.2, 0.25) is 0 Å². The molecule has 1 N–H and O–H groups in total. The van der Waals surface area contributed by atoms with E-state index in [1.165, 1.54) is 0 Å². The molecule has 0 spiro atoms. The minimum atomic E-state index is -4.74. The lowest BCUT2D eigenvalue weighted by Gasteiger charge is -2.21. The Bertz CT molecular complexity index is 1530. The molecule has 3 aromatic heterocycles. The van der Waals surface area contributed by atoms with Crippen LogP contribution in [-0.4, -0.2) is 43.1 Å². The quantitative estimate of drug-likeness (QED) is 0.256. The van der Waals surface area contributed by atoms with Gasteiger partial charge in [-0.05, 0) is 44.4 Å². The second kappa shape index (κ2) is 9.50. The van der Waals surface area contributed by atoms with Gasteiger partial charge in [0.1, 0.15) is 17.5 Å². The van der Waals surface area contributed by atoms with Gasteiger partial charge in [0.05, 0.1) is 27.5 Å². The SMILES string of the molecule is Cc1nc(N[C@H](C)c2cc([N+](=O)[O-])cc(C(F)(F)F)c2)c2cc(-c3noc(C)n3)c(N3CCCC3)nc2n1. The van der Waals surface area contributed by atoms with Crippen LogP contribution in [0.4, 0.5) is 30.5 Å². The van der Waals surface area contributed by atoms with Gasteiger partial charge in [-0.25, -0.2) is 15.0 Å². The number of alkyl halides is 3. The van der Waals surface area contributed by atoms with E-state index in [0.717, 1.165) is 38.1 Å². The maximum Gasteiger partial charge on any atom is 0.416 e. The number of aryl methyl sites for hydroxylation is 2. The number of halogens is 3. The molecular formula is C24H23F3N8O3. The van der Waals surface area contributed by atoms with Crippen LogP contribution >= 0.6 is 0 Å². The lowest BCUT2D eigenvalue weighted by Crippen LogP contribution is -2.20. The lowest BCUT2D eigenvalue weighted by molar-refractivity contribution is -0.385. The summed E-state index contributed by atoms with van der Waals surface area (Å²) in [6.07, 6.45) is -2.71. The topological polar surface area (TPSA) is 136 Å². The summed E-state index contributed by atoms with van der Waals surface area (Å²) >= 11 is 0. The van der Waals surface area contributed by atoms with E-state index in [-0.39, 0.29) is 5.56 Å². The highest BCUT2D eigenvalue weighted by molar-refractivity contribution is 5.93. The fraction of sp³-hybridized carbons (Fsp3) is 0.375. The summed E-state index contributed by atoms with van der Waals surface area (Å²) in [5.41, 5.74) is -0.696. The van der Waals surface area contributed by atoms with E-state index >= 15 is 0 Å². The molecule has 4 aromatic rings. The van der Waals surface area contributed by atoms with Gasteiger partial charge in [-0.3, -0.25) is 10.1 Å². The van der Waals surface area contributed by atoms with Gasteiger partial charge >= 0.3 is 6.18 Å². The number of aromatic nitrogens is 5. The highest BCUT2D eigenvalue weighted by Crippen LogP contribution is 2.37. The maximum atomic E-state index is 13.4. The van der Waals surface area contributed by atoms with Crippen molar-refractivity contribution >= 4 is 28.4 Å². The van der Waals surface area contributed by atoms with Crippen LogP contribution in [0.25, 0.3) is 22.4 Å². The minimum absolute atomic E-state index is 0.0756. The Balaban J connectivity index is 1.61. The first-order chi connectivity index (χ1) is 18.0. The van der Waals surface area contributed by atoms with Gasteiger partial charge in [0, 0.05) is 32.1 Å². The zero-order valence-electron chi connectivity index (χ0n) is 20.7. The van der Waals surface area contributed by atoms with E-state index in [1.807, 2.05) is 0 Å². The Morgan fingerprint density at radius 1 is 1.08 bits per heavy atom. The molecule has 1 aliphatic rings. The first kappa shape index (κ1) is 25.3. The number of pyridine rings is 1. The molecule has 1 saturated heterocycles. The number of fused-ring (bicyclic) bond motifs is 1. The van der Waals surface area contributed by atoms with Crippen molar-refractivity contribution in [1.29, 1.82) is 0 Å². The Morgan fingerprint density at radius 3 is 2.45 bits per heavy atom. The van der Waals surface area contributed by atoms with Crippen LogP contribution < -0.4 is 10.2 Å². The molecule has 0 aliphatic carbocycles. The van der Waals surface area contributed by atoms with Gasteiger partial charge in [0.25, 0.3) is 5.69 Å². The highest BCUT2D eigenvalue weighted by Gasteiger charge is 2.33. The molecule has 0 radical (unpaired) electrons. The number of anilines is 2. The lowest BCUT2D eigenvalue weighted by atomic mass is 10.0. The molecule has 1 fully saturated rings. The van der Waals surface area contributed by atoms with Gasteiger partial charge in [0.2, 0.25) is 11.7 Å². The summed E-state index contributed by atoms with van der Waals surface area (Å²) < 4.78 is 45.5. The van der Waals surface area contributed by atoms with E-state index < -0.39 is 28.4 Å². The fourth-order valence-electron chi connectivity index (χ4n) is 4.45. The average molecular weight is 528 g/mol. The number of benzene rings is 1. The number of rotatable bonds is 6. The van der Waals surface area contributed by atoms with E-state index in [0.29, 0.717) is 51.8 Å². The number of nitrogens with zero attached hydrogens (tertiary/aromatic N) is 7. The maximum absolute atomic E-state index is 13.4. The number of hydrogen-bond acceptors (Lipinski definition) is 10.